The number of ether oxygens (including phenoxy) is 5. The minimum absolute atomic E-state index is 0.205. The van der Waals surface area contributed by atoms with Gasteiger partial charge in [0.2, 0.25) is 12.4 Å². The van der Waals surface area contributed by atoms with E-state index in [1.165, 1.54) is 0 Å². The average molecular weight is 637 g/mol. The van der Waals surface area contributed by atoms with Crippen LogP contribution in [0.3, 0.4) is 0 Å². The van der Waals surface area contributed by atoms with E-state index in [1.807, 2.05) is 6.92 Å². The zero-order chi connectivity index (χ0) is 33.0. The second-order valence-electron chi connectivity index (χ2n) is 11.0. The van der Waals surface area contributed by atoms with Crippen molar-refractivity contribution in [1.82, 2.24) is 0 Å². The van der Waals surface area contributed by atoms with Crippen molar-refractivity contribution >= 4 is 23.9 Å². The van der Waals surface area contributed by atoms with Gasteiger partial charge in [-0.1, -0.05) is 99.0 Å². The van der Waals surface area contributed by atoms with Crippen LogP contribution in [0.2, 0.25) is 0 Å². The van der Waals surface area contributed by atoms with Gasteiger partial charge < -0.3 is 23.7 Å². The maximum Gasteiger partial charge on any atom is 0.340 e. The molecule has 0 aromatic heterocycles. The lowest BCUT2D eigenvalue weighted by Crippen LogP contribution is -2.62. The summed E-state index contributed by atoms with van der Waals surface area (Å²) in [6, 6.07) is 33.1. The van der Waals surface area contributed by atoms with E-state index in [0.29, 0.717) is 12.8 Å². The first-order valence-corrected chi connectivity index (χ1v) is 15.6. The fourth-order valence-electron chi connectivity index (χ4n) is 5.25. The van der Waals surface area contributed by atoms with Crippen LogP contribution in [0.25, 0.3) is 0 Å². The molecule has 9 nitrogen and oxygen atoms in total. The molecular weight excluding hydrogens is 600 g/mol. The molecule has 0 bridgehead atoms. The molecule has 0 radical (unpaired) electrons. The first kappa shape index (κ1) is 33.1. The highest BCUT2D eigenvalue weighted by Crippen LogP contribution is 2.34. The van der Waals surface area contributed by atoms with E-state index in [2.05, 4.69) is 0 Å². The van der Waals surface area contributed by atoms with Gasteiger partial charge in [-0.05, 0) is 55.0 Å². The van der Waals surface area contributed by atoms with E-state index >= 15 is 0 Å². The van der Waals surface area contributed by atoms with Crippen LogP contribution >= 0.6 is 0 Å². The lowest BCUT2D eigenvalue weighted by molar-refractivity contribution is -0.279. The third-order valence-electron chi connectivity index (χ3n) is 7.67. The van der Waals surface area contributed by atoms with Crippen LogP contribution in [0.5, 0.6) is 0 Å². The van der Waals surface area contributed by atoms with Crippen molar-refractivity contribution in [3.8, 4) is 0 Å². The smallest absolute Gasteiger partial charge is 0.340 e. The first-order valence-electron chi connectivity index (χ1n) is 15.6. The number of carbonyl (C=O) groups is 4. The Morgan fingerprint density at radius 1 is 0.489 bits per heavy atom. The lowest BCUT2D eigenvalue weighted by Gasteiger charge is -2.44. The molecule has 0 N–H and O–H groups in total. The topological polar surface area (TPSA) is 114 Å². The Hall–Kier alpha value is -5.28. The van der Waals surface area contributed by atoms with E-state index < -0.39 is 54.6 Å². The summed E-state index contributed by atoms with van der Waals surface area (Å²) in [4.78, 5) is 53.9. The predicted molar refractivity (Wildman–Crippen MR) is 172 cm³/mol. The van der Waals surface area contributed by atoms with Crippen molar-refractivity contribution in [1.29, 1.82) is 0 Å². The summed E-state index contributed by atoms with van der Waals surface area (Å²) in [7, 11) is 0. The Kier molecular flexibility index (Phi) is 11.5. The molecule has 0 spiro atoms. The number of benzene rings is 4. The fraction of sp³-hybridized carbons (Fsp3) is 0.263. The minimum atomic E-state index is -1.51. The molecule has 1 aliphatic heterocycles. The van der Waals surface area contributed by atoms with Gasteiger partial charge in [0.15, 0.2) is 12.2 Å². The molecule has 1 saturated heterocycles. The van der Waals surface area contributed by atoms with Crippen LogP contribution in [0.1, 0.15) is 74.0 Å². The Morgan fingerprint density at radius 3 is 1.26 bits per heavy atom. The minimum Gasteiger partial charge on any atom is -0.452 e. The Morgan fingerprint density at radius 2 is 0.851 bits per heavy atom. The molecule has 0 unspecified atom stereocenters. The molecule has 0 aliphatic carbocycles. The van der Waals surface area contributed by atoms with Gasteiger partial charge in [0, 0.05) is 0 Å². The van der Waals surface area contributed by atoms with E-state index in [-0.39, 0.29) is 22.3 Å². The Balaban J connectivity index is 1.56. The van der Waals surface area contributed by atoms with Crippen LogP contribution < -0.4 is 0 Å². The van der Waals surface area contributed by atoms with Crippen LogP contribution in [-0.2, 0) is 23.7 Å². The Bertz CT molecular complexity index is 1610. The molecule has 5 rings (SSSR count). The molecule has 1 aliphatic rings. The monoisotopic (exact) mass is 636 g/mol. The number of hydrogen-bond donors (Lipinski definition) is 0. The van der Waals surface area contributed by atoms with Gasteiger partial charge in [-0.25, -0.2) is 19.2 Å². The van der Waals surface area contributed by atoms with Crippen molar-refractivity contribution in [2.75, 3.05) is 0 Å². The third-order valence-corrected chi connectivity index (χ3v) is 7.67. The molecule has 1 fully saturated rings. The summed E-state index contributed by atoms with van der Waals surface area (Å²) in [5.41, 5.74) is 0.933. The maximum atomic E-state index is 13.6. The van der Waals surface area contributed by atoms with E-state index in [1.54, 1.807) is 121 Å². The molecule has 0 amide bonds. The zero-order valence-corrected chi connectivity index (χ0v) is 25.9. The fourth-order valence-corrected chi connectivity index (χ4v) is 5.25. The SMILES string of the molecule is CCCCC[C@@H]1O[C@@H](OC(=O)c2ccccc2)[C@@H](OC(=O)c2ccccc2)[C@H](OC(=O)c2ccccc2)[C@@H]1OC(=O)c1ccccc1. The predicted octanol–water partition coefficient (Wildman–Crippen LogP) is 6.83. The third kappa shape index (κ3) is 8.71. The molecule has 0 saturated carbocycles. The van der Waals surface area contributed by atoms with Crippen molar-refractivity contribution in [2.24, 2.45) is 0 Å². The molecule has 4 aromatic carbocycles. The molecule has 47 heavy (non-hydrogen) atoms. The van der Waals surface area contributed by atoms with Gasteiger partial charge in [0.1, 0.15) is 6.10 Å². The summed E-state index contributed by atoms with van der Waals surface area (Å²) in [6.45, 7) is 2.04. The summed E-state index contributed by atoms with van der Waals surface area (Å²) >= 11 is 0. The second-order valence-corrected chi connectivity index (χ2v) is 11.0. The highest BCUT2D eigenvalue weighted by molar-refractivity contribution is 5.92. The normalized spacial score (nSPS) is 20.4. The summed E-state index contributed by atoms with van der Waals surface area (Å²) in [5.74, 6) is -2.96. The van der Waals surface area contributed by atoms with Crippen molar-refractivity contribution in [3.63, 3.8) is 0 Å². The van der Waals surface area contributed by atoms with Gasteiger partial charge >= 0.3 is 23.9 Å². The zero-order valence-electron chi connectivity index (χ0n) is 25.9. The van der Waals surface area contributed by atoms with Crippen LogP contribution in [0, 0.1) is 0 Å². The molecule has 5 atom stereocenters. The lowest BCUT2D eigenvalue weighted by atomic mass is 9.94. The Labute approximate surface area is 273 Å². The van der Waals surface area contributed by atoms with Crippen LogP contribution in [-0.4, -0.2) is 54.6 Å². The van der Waals surface area contributed by atoms with Crippen molar-refractivity contribution in [2.45, 2.75) is 63.3 Å². The van der Waals surface area contributed by atoms with Gasteiger partial charge in [0.25, 0.3) is 0 Å². The summed E-state index contributed by atoms with van der Waals surface area (Å²) in [5, 5.41) is 0. The highest BCUT2D eigenvalue weighted by atomic mass is 16.7. The number of esters is 4. The van der Waals surface area contributed by atoms with Gasteiger partial charge in [0.05, 0.1) is 22.3 Å². The number of carbonyl (C=O) groups excluding carboxylic acids is 4. The quantitative estimate of drug-likeness (QED) is 0.0938. The molecule has 1 heterocycles. The average Bonchev–Trinajstić information content (AvgIpc) is 3.12. The number of hydrogen-bond acceptors (Lipinski definition) is 9. The molecular formula is C38H36O9. The van der Waals surface area contributed by atoms with Crippen molar-refractivity contribution in [3.05, 3.63) is 144 Å². The number of unbranched alkanes of at least 4 members (excludes halogenated alkanes) is 2. The standard InChI is InChI=1S/C38H36O9/c1-2-3-8-25-30-31(44-34(39)26-17-9-4-10-18-26)32(45-35(40)27-19-11-5-12-20-27)33(46-36(41)28-21-13-6-14-22-28)38(43-30)47-37(42)29-23-15-7-16-24-29/h4-7,9-24,30-33,38H,2-3,8,25H2,1H3/t30-,31+,32+,33-,38-/m0/s1. The van der Waals surface area contributed by atoms with E-state index in [0.717, 1.165) is 12.8 Å². The molecule has 242 valence electrons. The van der Waals surface area contributed by atoms with E-state index in [9.17, 15) is 19.2 Å². The second kappa shape index (κ2) is 16.3. The number of rotatable bonds is 12. The summed E-state index contributed by atoms with van der Waals surface area (Å²) in [6.07, 6.45) is -3.77. The van der Waals surface area contributed by atoms with Crippen molar-refractivity contribution < 1.29 is 42.9 Å². The van der Waals surface area contributed by atoms with Gasteiger partial charge in [-0.15, -0.1) is 0 Å². The summed E-state index contributed by atoms with van der Waals surface area (Å²) < 4.78 is 30.3. The molecule has 9 heteroatoms. The molecule has 4 aromatic rings. The first-order chi connectivity index (χ1) is 22.9. The van der Waals surface area contributed by atoms with E-state index in [4.69, 9.17) is 23.7 Å². The van der Waals surface area contributed by atoms with Gasteiger partial charge in [-0.2, -0.15) is 0 Å². The largest absolute Gasteiger partial charge is 0.452 e. The maximum absolute atomic E-state index is 13.6. The van der Waals surface area contributed by atoms with Gasteiger partial charge in [-0.3, -0.25) is 0 Å². The van der Waals surface area contributed by atoms with Crippen LogP contribution in [0.4, 0.5) is 0 Å². The van der Waals surface area contributed by atoms with Crippen LogP contribution in [0.15, 0.2) is 121 Å². The highest BCUT2D eigenvalue weighted by Gasteiger charge is 2.54.